The summed E-state index contributed by atoms with van der Waals surface area (Å²) >= 11 is 8.91. The van der Waals surface area contributed by atoms with Gasteiger partial charge in [-0.05, 0) is 89.0 Å². The Morgan fingerprint density at radius 3 is 2.21 bits per heavy atom. The molecular weight excluding hydrogens is 576 g/mol. The van der Waals surface area contributed by atoms with Gasteiger partial charge in [0, 0.05) is 46.3 Å². The summed E-state index contributed by atoms with van der Waals surface area (Å²) in [6, 6.07) is 5.77. The molecule has 0 saturated carbocycles. The summed E-state index contributed by atoms with van der Waals surface area (Å²) in [7, 11) is 0. The second-order valence-corrected chi connectivity index (χ2v) is 10.9. The molecule has 1 aromatic carbocycles. The Morgan fingerprint density at radius 2 is 1.65 bits per heavy atom. The van der Waals surface area contributed by atoms with Crippen LogP contribution >= 0.6 is 43.6 Å². The van der Waals surface area contributed by atoms with Gasteiger partial charge in [0.05, 0.1) is 5.69 Å². The zero-order chi connectivity index (χ0) is 25.4. The number of aryl methyl sites for hydroxylation is 2. The third kappa shape index (κ3) is 7.22. The van der Waals surface area contributed by atoms with E-state index in [-0.39, 0.29) is 11.7 Å². The quantitative estimate of drug-likeness (QED) is 0.359. The number of pyridine rings is 1. The Kier molecular flexibility index (Phi) is 11.4. The number of rotatable bonds is 1. The molecule has 1 fully saturated rings. The average Bonchev–Trinajstić information content (AvgIpc) is 2.97. The summed E-state index contributed by atoms with van der Waals surface area (Å²) in [5.74, 6) is 0.408. The highest BCUT2D eigenvalue weighted by molar-refractivity contribution is 9.10. The average molecular weight is 610 g/mol. The Morgan fingerprint density at radius 1 is 1.06 bits per heavy atom. The van der Waals surface area contributed by atoms with E-state index in [0.29, 0.717) is 0 Å². The van der Waals surface area contributed by atoms with Crippen molar-refractivity contribution < 1.29 is 9.90 Å². The summed E-state index contributed by atoms with van der Waals surface area (Å²) in [5.41, 5.74) is 7.00. The smallest absolute Gasteiger partial charge is 0.219 e. The summed E-state index contributed by atoms with van der Waals surface area (Å²) in [6.07, 6.45) is 7.29. The van der Waals surface area contributed by atoms with Crippen LogP contribution in [0.15, 0.2) is 50.4 Å². The highest BCUT2D eigenvalue weighted by Crippen LogP contribution is 2.42. The number of hydrogen-bond acceptors (Lipinski definition) is 4. The first-order valence-corrected chi connectivity index (χ1v) is 14.4. The van der Waals surface area contributed by atoms with Crippen LogP contribution in [0, 0.1) is 0 Å². The van der Waals surface area contributed by atoms with Crippen LogP contribution in [0.1, 0.15) is 62.9 Å². The molecule has 1 aliphatic heterocycles. The van der Waals surface area contributed by atoms with E-state index >= 15 is 0 Å². The van der Waals surface area contributed by atoms with E-state index in [1.165, 1.54) is 21.6 Å². The Bertz CT molecular complexity index is 1070. The highest BCUT2D eigenvalue weighted by Gasteiger charge is 2.27. The molecule has 0 atom stereocenters. The second-order valence-electron chi connectivity index (χ2n) is 8.01. The molecule has 0 radical (unpaired) electrons. The SMILES string of the molecule is C=C(C)SC.CC.CC(=O)N1CCC(=C2c3ncc(Br)cc3CCc3cc(O)cc(Br)c32)CC1. The number of nitrogens with zero attached hydrogens (tertiary/aromatic N) is 2. The standard InChI is InChI=1S/C21H20Br2N2O2.C4H8S.C2H6/c1-12(26)25-6-4-13(5-7-25)20-19-14(9-17(27)10-18(19)23)2-3-15-8-16(22)11-24-21(15)20;1-4(2)5-3;1-2/h8-11,27H,2-7H2,1H3;1H2,2-3H3;1-2H3. The van der Waals surface area contributed by atoms with Gasteiger partial charge in [0.25, 0.3) is 0 Å². The number of carbonyl (C=O) groups excluding carboxylic acids is 1. The van der Waals surface area contributed by atoms with E-state index in [0.717, 1.165) is 64.5 Å². The third-order valence-corrected chi connectivity index (χ3v) is 7.51. The Hall–Kier alpha value is -1.57. The van der Waals surface area contributed by atoms with Crippen molar-refractivity contribution in [2.45, 2.75) is 53.4 Å². The lowest BCUT2D eigenvalue weighted by molar-refractivity contribution is -0.129. The van der Waals surface area contributed by atoms with Crippen molar-refractivity contribution in [2.24, 2.45) is 0 Å². The minimum atomic E-state index is 0.133. The fourth-order valence-electron chi connectivity index (χ4n) is 4.10. The van der Waals surface area contributed by atoms with Gasteiger partial charge in [-0.25, -0.2) is 0 Å². The van der Waals surface area contributed by atoms with Gasteiger partial charge in [0.2, 0.25) is 5.91 Å². The van der Waals surface area contributed by atoms with Crippen molar-refractivity contribution >= 4 is 55.1 Å². The van der Waals surface area contributed by atoms with Crippen molar-refractivity contribution in [2.75, 3.05) is 19.3 Å². The van der Waals surface area contributed by atoms with E-state index in [1.54, 1.807) is 24.8 Å². The summed E-state index contributed by atoms with van der Waals surface area (Å²) in [4.78, 5) is 19.6. The number of aromatic hydroxyl groups is 1. The molecule has 2 aliphatic rings. The number of phenolic OH excluding ortho intramolecular Hbond substituents is 1. The molecule has 7 heteroatoms. The number of phenols is 1. The lowest BCUT2D eigenvalue weighted by Gasteiger charge is -2.29. The number of likely N-dealkylation sites (tertiary alicyclic amines) is 1. The Labute approximate surface area is 225 Å². The molecule has 2 heterocycles. The van der Waals surface area contributed by atoms with Crippen molar-refractivity contribution in [1.29, 1.82) is 0 Å². The van der Waals surface area contributed by atoms with Gasteiger partial charge >= 0.3 is 0 Å². The fourth-order valence-corrected chi connectivity index (χ4v) is 5.16. The van der Waals surface area contributed by atoms with Gasteiger partial charge in [-0.15, -0.1) is 11.8 Å². The van der Waals surface area contributed by atoms with E-state index in [9.17, 15) is 9.90 Å². The third-order valence-electron chi connectivity index (χ3n) is 5.75. The predicted molar refractivity (Wildman–Crippen MR) is 152 cm³/mol. The molecule has 34 heavy (non-hydrogen) atoms. The van der Waals surface area contributed by atoms with Crippen molar-refractivity contribution in [3.63, 3.8) is 0 Å². The molecule has 1 N–H and O–H groups in total. The monoisotopic (exact) mass is 608 g/mol. The lowest BCUT2D eigenvalue weighted by atomic mass is 9.88. The topological polar surface area (TPSA) is 53.4 Å². The first-order valence-electron chi connectivity index (χ1n) is 11.5. The first-order chi connectivity index (χ1) is 16.2. The Balaban J connectivity index is 0.000000520. The first kappa shape index (κ1) is 28.7. The fraction of sp³-hybridized carbons (Fsp3) is 0.407. The molecule has 2 aromatic rings. The molecule has 4 rings (SSSR count). The van der Waals surface area contributed by atoms with E-state index < -0.39 is 0 Å². The minimum absolute atomic E-state index is 0.133. The number of amides is 1. The van der Waals surface area contributed by atoms with Crippen LogP contribution in [-0.2, 0) is 17.6 Å². The number of piperidine rings is 1. The summed E-state index contributed by atoms with van der Waals surface area (Å²) in [6.45, 7) is 12.7. The van der Waals surface area contributed by atoms with Crippen LogP contribution in [-0.4, -0.2) is 40.2 Å². The largest absolute Gasteiger partial charge is 0.508 e. The molecule has 0 spiro atoms. The van der Waals surface area contributed by atoms with Gasteiger partial charge in [0.1, 0.15) is 5.75 Å². The molecule has 1 saturated heterocycles. The number of carbonyl (C=O) groups is 1. The van der Waals surface area contributed by atoms with E-state index in [2.05, 4.69) is 44.5 Å². The predicted octanol–water partition coefficient (Wildman–Crippen LogP) is 7.76. The van der Waals surface area contributed by atoms with Gasteiger partial charge < -0.3 is 10.0 Å². The van der Waals surface area contributed by atoms with Gasteiger partial charge in [0.15, 0.2) is 0 Å². The van der Waals surface area contributed by atoms with Crippen LogP contribution in [0.5, 0.6) is 5.75 Å². The van der Waals surface area contributed by atoms with Crippen LogP contribution in [0.3, 0.4) is 0 Å². The van der Waals surface area contributed by atoms with Crippen molar-refractivity contribution in [3.05, 3.63) is 72.8 Å². The highest BCUT2D eigenvalue weighted by atomic mass is 79.9. The van der Waals surface area contributed by atoms with Crippen LogP contribution in [0.25, 0.3) is 5.57 Å². The zero-order valence-electron chi connectivity index (χ0n) is 20.7. The number of allylic oxidation sites excluding steroid dienone is 1. The molecule has 4 nitrogen and oxygen atoms in total. The maximum absolute atomic E-state index is 11.7. The van der Waals surface area contributed by atoms with E-state index in [1.807, 2.05) is 44.2 Å². The molecule has 1 amide bonds. The number of aromatic nitrogens is 1. The molecular formula is C27H34Br2N2O2S. The number of thioether (sulfide) groups is 1. The molecule has 1 aliphatic carbocycles. The lowest BCUT2D eigenvalue weighted by Crippen LogP contribution is -2.34. The molecule has 0 bridgehead atoms. The van der Waals surface area contributed by atoms with Gasteiger partial charge in [-0.1, -0.05) is 41.9 Å². The van der Waals surface area contributed by atoms with Crippen molar-refractivity contribution in [1.82, 2.24) is 9.88 Å². The number of halogens is 2. The van der Waals surface area contributed by atoms with Gasteiger partial charge in [-0.3, -0.25) is 9.78 Å². The van der Waals surface area contributed by atoms with Crippen molar-refractivity contribution in [3.8, 4) is 5.75 Å². The van der Waals surface area contributed by atoms with E-state index in [4.69, 9.17) is 4.98 Å². The molecule has 1 aromatic heterocycles. The van der Waals surface area contributed by atoms with Crippen LogP contribution < -0.4 is 0 Å². The minimum Gasteiger partial charge on any atom is -0.508 e. The number of fused-ring (bicyclic) bond motifs is 2. The summed E-state index contributed by atoms with van der Waals surface area (Å²) in [5, 5.41) is 10.1. The summed E-state index contributed by atoms with van der Waals surface area (Å²) < 4.78 is 1.87. The maximum atomic E-state index is 11.7. The van der Waals surface area contributed by atoms with Crippen LogP contribution in [0.2, 0.25) is 0 Å². The zero-order valence-corrected chi connectivity index (χ0v) is 24.7. The van der Waals surface area contributed by atoms with Crippen LogP contribution in [0.4, 0.5) is 0 Å². The maximum Gasteiger partial charge on any atom is 0.219 e. The molecule has 0 unspecified atom stereocenters. The molecule has 184 valence electrons. The normalized spacial score (nSPS) is 14.5. The number of benzene rings is 1. The number of hydrogen-bond donors (Lipinski definition) is 1. The van der Waals surface area contributed by atoms with Gasteiger partial charge in [-0.2, -0.15) is 0 Å². The second kappa shape index (κ2) is 13.5.